The number of hydrogen-bond acceptors (Lipinski definition) is 3. The summed E-state index contributed by atoms with van der Waals surface area (Å²) in [5.41, 5.74) is -2.11. The predicted molar refractivity (Wildman–Crippen MR) is 72.8 cm³/mol. The highest BCUT2D eigenvalue weighted by molar-refractivity contribution is 5.72. The molecule has 6 heteroatoms. The zero-order chi connectivity index (χ0) is 15.0. The van der Waals surface area contributed by atoms with Gasteiger partial charge in [-0.1, -0.05) is 6.92 Å². The van der Waals surface area contributed by atoms with Gasteiger partial charge >= 0.3 is 6.09 Å². The highest BCUT2D eigenvalue weighted by Gasteiger charge is 2.57. The Morgan fingerprint density at radius 1 is 1.50 bits per heavy atom. The van der Waals surface area contributed by atoms with Crippen molar-refractivity contribution in [3.05, 3.63) is 18.2 Å². The minimum absolute atomic E-state index is 0.435. The van der Waals surface area contributed by atoms with E-state index in [1.165, 1.54) is 4.90 Å². The average molecular weight is 282 g/mol. The van der Waals surface area contributed by atoms with Crippen LogP contribution in [0, 0.1) is 6.92 Å². The van der Waals surface area contributed by atoms with Gasteiger partial charge in [-0.2, -0.15) is 0 Å². The van der Waals surface area contributed by atoms with E-state index in [-0.39, 0.29) is 0 Å². The molecule has 6 nitrogen and oxygen atoms in total. The van der Waals surface area contributed by atoms with Gasteiger partial charge in [0.05, 0.1) is 6.54 Å². The summed E-state index contributed by atoms with van der Waals surface area (Å²) in [6.07, 6.45) is 4.74. The van der Waals surface area contributed by atoms with Gasteiger partial charge in [0.15, 0.2) is 11.3 Å². The number of imidazole rings is 1. The first-order valence-corrected chi connectivity index (χ1v) is 7.08. The highest BCUT2D eigenvalue weighted by Crippen LogP contribution is 2.39. The van der Waals surface area contributed by atoms with Crippen molar-refractivity contribution in [3.8, 4) is 0 Å². The summed E-state index contributed by atoms with van der Waals surface area (Å²) < 4.78 is 7.44. The van der Waals surface area contributed by atoms with Crippen molar-refractivity contribution in [2.45, 2.75) is 58.4 Å². The number of H-pyrrole nitrogens is 1. The molecule has 1 aromatic heterocycles. The fraction of sp³-hybridized carbons (Fsp3) is 0.714. The molecule has 2 rings (SSSR count). The number of nitrogens with zero attached hydrogens (tertiary/aromatic N) is 2. The SMILES string of the molecule is CCC1(C)OC(=O)N(CCC[n+]2cc[nH]c2C)C1(C)O. The van der Waals surface area contributed by atoms with Crippen LogP contribution in [0.1, 0.15) is 39.4 Å². The molecule has 1 aliphatic rings. The molecule has 0 aliphatic carbocycles. The highest BCUT2D eigenvalue weighted by atomic mass is 16.6. The summed E-state index contributed by atoms with van der Waals surface area (Å²) in [4.78, 5) is 16.5. The van der Waals surface area contributed by atoms with Gasteiger partial charge in [0.25, 0.3) is 5.82 Å². The van der Waals surface area contributed by atoms with Crippen LogP contribution in [0.2, 0.25) is 0 Å². The number of aryl methyl sites for hydroxylation is 2. The van der Waals surface area contributed by atoms with Crippen molar-refractivity contribution in [1.29, 1.82) is 0 Å². The Bertz CT molecular complexity index is 498. The van der Waals surface area contributed by atoms with Gasteiger partial charge in [0.1, 0.15) is 12.4 Å². The monoisotopic (exact) mass is 282 g/mol. The second-order valence-corrected chi connectivity index (χ2v) is 5.72. The standard InChI is InChI=1S/C14H23N3O3/c1-5-13(3)14(4,19)17(12(18)20-13)9-6-8-16-10-7-15-11(16)2/h7,10,19H,5-6,8-9H2,1-4H3/p+1. The lowest BCUT2D eigenvalue weighted by Crippen LogP contribution is -2.55. The third-order valence-corrected chi connectivity index (χ3v) is 4.49. The summed E-state index contributed by atoms with van der Waals surface area (Å²) in [6, 6.07) is 0. The number of cyclic esters (lactones) is 1. The van der Waals surface area contributed by atoms with Gasteiger partial charge in [-0.3, -0.25) is 4.90 Å². The van der Waals surface area contributed by atoms with Crippen LogP contribution >= 0.6 is 0 Å². The van der Waals surface area contributed by atoms with Crippen molar-refractivity contribution < 1.29 is 19.2 Å². The van der Waals surface area contributed by atoms with Gasteiger partial charge in [-0.05, 0) is 20.3 Å². The molecule has 0 aromatic carbocycles. The van der Waals surface area contributed by atoms with E-state index >= 15 is 0 Å². The van der Waals surface area contributed by atoms with Crippen molar-refractivity contribution in [2.75, 3.05) is 6.54 Å². The largest absolute Gasteiger partial charge is 0.438 e. The van der Waals surface area contributed by atoms with E-state index in [9.17, 15) is 9.90 Å². The number of aliphatic hydroxyl groups is 1. The quantitative estimate of drug-likeness (QED) is 0.801. The van der Waals surface area contributed by atoms with E-state index in [0.29, 0.717) is 13.0 Å². The summed E-state index contributed by atoms with van der Waals surface area (Å²) in [5, 5.41) is 10.6. The Balaban J connectivity index is 1.99. The number of carbonyl (C=O) groups excluding carboxylic acids is 1. The Kier molecular flexibility index (Phi) is 3.77. The van der Waals surface area contributed by atoms with Crippen LogP contribution in [0.3, 0.4) is 0 Å². The Hall–Kier alpha value is -1.56. The topological polar surface area (TPSA) is 69.4 Å². The maximum Gasteiger partial charge on any atom is 0.412 e. The van der Waals surface area contributed by atoms with Crippen LogP contribution in [0.4, 0.5) is 4.79 Å². The maximum absolute atomic E-state index is 12.0. The normalized spacial score (nSPS) is 29.9. The number of aromatic nitrogens is 2. The Morgan fingerprint density at radius 2 is 2.20 bits per heavy atom. The molecule has 1 fully saturated rings. The summed E-state index contributed by atoms with van der Waals surface area (Å²) >= 11 is 0. The minimum atomic E-state index is -1.27. The fourth-order valence-corrected chi connectivity index (χ4v) is 2.61. The fourth-order valence-electron chi connectivity index (χ4n) is 2.61. The second-order valence-electron chi connectivity index (χ2n) is 5.72. The van der Waals surface area contributed by atoms with E-state index in [1.54, 1.807) is 13.8 Å². The van der Waals surface area contributed by atoms with Crippen molar-refractivity contribution in [2.24, 2.45) is 0 Å². The molecule has 20 heavy (non-hydrogen) atoms. The Morgan fingerprint density at radius 3 is 2.70 bits per heavy atom. The van der Waals surface area contributed by atoms with E-state index < -0.39 is 17.4 Å². The van der Waals surface area contributed by atoms with Gasteiger partial charge in [0, 0.05) is 19.9 Å². The van der Waals surface area contributed by atoms with Crippen LogP contribution in [-0.2, 0) is 11.3 Å². The third-order valence-electron chi connectivity index (χ3n) is 4.49. The van der Waals surface area contributed by atoms with E-state index in [0.717, 1.165) is 18.8 Å². The predicted octanol–water partition coefficient (Wildman–Crippen LogP) is 1.33. The van der Waals surface area contributed by atoms with Crippen LogP contribution < -0.4 is 4.57 Å². The molecule has 2 unspecified atom stereocenters. The zero-order valence-corrected chi connectivity index (χ0v) is 12.6. The summed E-state index contributed by atoms with van der Waals surface area (Å²) in [6.45, 7) is 8.59. The molecule has 2 atom stereocenters. The lowest BCUT2D eigenvalue weighted by molar-refractivity contribution is -0.701. The minimum Gasteiger partial charge on any atom is -0.438 e. The molecule has 2 N–H and O–H groups in total. The molecule has 2 heterocycles. The number of ether oxygens (including phenoxy) is 1. The van der Waals surface area contributed by atoms with Gasteiger partial charge in [-0.15, -0.1) is 0 Å². The second kappa shape index (κ2) is 5.09. The van der Waals surface area contributed by atoms with Crippen molar-refractivity contribution in [3.63, 3.8) is 0 Å². The first-order valence-electron chi connectivity index (χ1n) is 7.08. The van der Waals surface area contributed by atoms with Crippen molar-refractivity contribution >= 4 is 6.09 Å². The van der Waals surface area contributed by atoms with E-state index in [2.05, 4.69) is 9.55 Å². The smallest absolute Gasteiger partial charge is 0.412 e. The molecule has 1 saturated heterocycles. The number of amides is 1. The Labute approximate surface area is 119 Å². The van der Waals surface area contributed by atoms with E-state index in [4.69, 9.17) is 4.74 Å². The number of nitrogens with one attached hydrogen (secondary N) is 1. The van der Waals surface area contributed by atoms with Crippen LogP contribution in [0.25, 0.3) is 0 Å². The molecule has 1 aliphatic heterocycles. The summed E-state index contributed by atoms with van der Waals surface area (Å²) in [5.74, 6) is 1.07. The van der Waals surface area contributed by atoms with Gasteiger partial charge in [-0.25, -0.2) is 14.3 Å². The average Bonchev–Trinajstić information content (AvgIpc) is 2.85. The van der Waals surface area contributed by atoms with Crippen molar-refractivity contribution in [1.82, 2.24) is 9.88 Å². The van der Waals surface area contributed by atoms with Crippen LogP contribution in [-0.4, -0.2) is 39.0 Å². The third kappa shape index (κ3) is 2.28. The molecule has 112 valence electrons. The molecule has 0 spiro atoms. The number of hydrogen-bond donors (Lipinski definition) is 2. The maximum atomic E-state index is 12.0. The zero-order valence-electron chi connectivity index (χ0n) is 12.6. The number of aromatic amines is 1. The van der Waals surface area contributed by atoms with Gasteiger partial charge < -0.3 is 9.84 Å². The van der Waals surface area contributed by atoms with Crippen LogP contribution in [0.5, 0.6) is 0 Å². The molecule has 0 bridgehead atoms. The van der Waals surface area contributed by atoms with E-state index in [1.807, 2.05) is 26.2 Å². The first-order chi connectivity index (χ1) is 9.32. The molecular weight excluding hydrogens is 258 g/mol. The lowest BCUT2D eigenvalue weighted by atomic mass is 9.91. The summed E-state index contributed by atoms with van der Waals surface area (Å²) in [7, 11) is 0. The first kappa shape index (κ1) is 14.8. The lowest BCUT2D eigenvalue weighted by Gasteiger charge is -2.36. The molecule has 0 saturated carbocycles. The molecule has 1 aromatic rings. The number of carbonyl (C=O) groups is 1. The molecule has 1 amide bonds. The van der Waals surface area contributed by atoms with Gasteiger partial charge in [0.2, 0.25) is 0 Å². The number of rotatable bonds is 5. The van der Waals surface area contributed by atoms with Crippen LogP contribution in [0.15, 0.2) is 12.4 Å². The molecular formula is C14H24N3O3+. The molecule has 0 radical (unpaired) electrons.